The molecule has 1 saturated carbocycles. The molecule has 2 atom stereocenters. The molecule has 0 spiro atoms. The van der Waals surface area contributed by atoms with Crippen LogP contribution in [0.15, 0.2) is 24.3 Å². The molecule has 0 amide bonds. The molecule has 0 aliphatic heterocycles. The first kappa shape index (κ1) is 11.7. The average molecular weight is 217 g/mol. The van der Waals surface area contributed by atoms with Crippen molar-refractivity contribution in [1.82, 2.24) is 0 Å². The van der Waals surface area contributed by atoms with Crippen LogP contribution >= 0.6 is 0 Å². The van der Waals surface area contributed by atoms with E-state index < -0.39 is 0 Å². The van der Waals surface area contributed by atoms with E-state index in [1.165, 1.54) is 24.0 Å². The molecule has 1 aliphatic rings. The zero-order valence-electron chi connectivity index (χ0n) is 10.5. The SMILES string of the molecule is CCc1cccc(C2(N)CCCC(C)C2)c1. The Labute approximate surface area is 99.0 Å². The summed E-state index contributed by atoms with van der Waals surface area (Å²) in [6, 6.07) is 8.86. The molecule has 1 aliphatic carbocycles. The van der Waals surface area contributed by atoms with E-state index in [0.29, 0.717) is 0 Å². The molecule has 16 heavy (non-hydrogen) atoms. The Kier molecular flexibility index (Phi) is 3.34. The number of benzene rings is 1. The van der Waals surface area contributed by atoms with Crippen LogP contribution in [0.2, 0.25) is 0 Å². The van der Waals surface area contributed by atoms with Gasteiger partial charge in [-0.3, -0.25) is 0 Å². The van der Waals surface area contributed by atoms with Crippen molar-refractivity contribution < 1.29 is 0 Å². The fraction of sp³-hybridized carbons (Fsp3) is 0.600. The molecule has 1 nitrogen and oxygen atoms in total. The number of hydrogen-bond donors (Lipinski definition) is 1. The Bertz CT molecular complexity index is 358. The van der Waals surface area contributed by atoms with Crippen LogP contribution in [0, 0.1) is 5.92 Å². The lowest BCUT2D eigenvalue weighted by Crippen LogP contribution is -2.41. The zero-order valence-corrected chi connectivity index (χ0v) is 10.5. The van der Waals surface area contributed by atoms with Gasteiger partial charge < -0.3 is 5.73 Å². The highest BCUT2D eigenvalue weighted by Crippen LogP contribution is 2.37. The maximum Gasteiger partial charge on any atom is 0.0412 e. The lowest BCUT2D eigenvalue weighted by Gasteiger charge is -2.37. The molecule has 2 N–H and O–H groups in total. The van der Waals surface area contributed by atoms with E-state index in [2.05, 4.69) is 38.1 Å². The number of aryl methyl sites for hydroxylation is 1. The monoisotopic (exact) mass is 217 g/mol. The summed E-state index contributed by atoms with van der Waals surface area (Å²) in [5.41, 5.74) is 9.28. The predicted molar refractivity (Wildman–Crippen MR) is 69.3 cm³/mol. The van der Waals surface area contributed by atoms with Gasteiger partial charge in [-0.1, -0.05) is 51.0 Å². The first-order chi connectivity index (χ1) is 7.64. The maximum absolute atomic E-state index is 6.59. The Hall–Kier alpha value is -0.820. The molecular weight excluding hydrogens is 194 g/mol. The molecule has 1 fully saturated rings. The van der Waals surface area contributed by atoms with Crippen LogP contribution in [0.5, 0.6) is 0 Å². The van der Waals surface area contributed by atoms with Gasteiger partial charge in [0.25, 0.3) is 0 Å². The van der Waals surface area contributed by atoms with Crippen molar-refractivity contribution in [2.75, 3.05) is 0 Å². The molecule has 0 radical (unpaired) electrons. The fourth-order valence-electron chi connectivity index (χ4n) is 2.96. The van der Waals surface area contributed by atoms with Gasteiger partial charge in [0.1, 0.15) is 0 Å². The number of nitrogens with two attached hydrogens (primary N) is 1. The molecule has 1 heteroatoms. The van der Waals surface area contributed by atoms with Gasteiger partial charge in [-0.25, -0.2) is 0 Å². The van der Waals surface area contributed by atoms with E-state index in [0.717, 1.165) is 25.2 Å². The Morgan fingerprint density at radius 2 is 2.25 bits per heavy atom. The highest BCUT2D eigenvalue weighted by Gasteiger charge is 2.32. The van der Waals surface area contributed by atoms with Gasteiger partial charge in [0.05, 0.1) is 0 Å². The molecule has 2 unspecified atom stereocenters. The second kappa shape index (κ2) is 4.58. The lowest BCUT2D eigenvalue weighted by molar-refractivity contribution is 0.239. The highest BCUT2D eigenvalue weighted by atomic mass is 14.7. The van der Waals surface area contributed by atoms with Crippen LogP contribution in [0.25, 0.3) is 0 Å². The third-order valence-electron chi connectivity index (χ3n) is 3.94. The molecular formula is C15H23N. The standard InChI is InChI=1S/C15H23N/c1-3-13-7-4-8-14(10-13)15(16)9-5-6-12(2)11-15/h4,7-8,10,12H,3,5-6,9,11,16H2,1-2H3. The van der Waals surface area contributed by atoms with Crippen molar-refractivity contribution >= 4 is 0 Å². The summed E-state index contributed by atoms with van der Waals surface area (Å²) in [4.78, 5) is 0. The quantitative estimate of drug-likeness (QED) is 0.804. The molecule has 0 saturated heterocycles. The van der Waals surface area contributed by atoms with Crippen molar-refractivity contribution in [3.63, 3.8) is 0 Å². The largest absolute Gasteiger partial charge is 0.321 e. The van der Waals surface area contributed by atoms with Gasteiger partial charge in [-0.05, 0) is 36.3 Å². The Morgan fingerprint density at radius 1 is 1.44 bits per heavy atom. The topological polar surface area (TPSA) is 26.0 Å². The van der Waals surface area contributed by atoms with Crippen LogP contribution in [-0.4, -0.2) is 0 Å². The van der Waals surface area contributed by atoms with Crippen LogP contribution < -0.4 is 5.73 Å². The smallest absolute Gasteiger partial charge is 0.0412 e. The molecule has 0 bridgehead atoms. The van der Waals surface area contributed by atoms with E-state index in [4.69, 9.17) is 5.73 Å². The summed E-state index contributed by atoms with van der Waals surface area (Å²) in [6.45, 7) is 4.52. The van der Waals surface area contributed by atoms with Crippen LogP contribution in [0.1, 0.15) is 50.7 Å². The second-order valence-corrected chi connectivity index (χ2v) is 5.41. The summed E-state index contributed by atoms with van der Waals surface area (Å²) in [5, 5.41) is 0. The van der Waals surface area contributed by atoms with E-state index in [9.17, 15) is 0 Å². The van der Waals surface area contributed by atoms with Crippen LogP contribution in [0.3, 0.4) is 0 Å². The van der Waals surface area contributed by atoms with Crippen molar-refractivity contribution in [3.05, 3.63) is 35.4 Å². The molecule has 0 heterocycles. The van der Waals surface area contributed by atoms with Gasteiger partial charge in [-0.15, -0.1) is 0 Å². The third-order valence-corrected chi connectivity index (χ3v) is 3.94. The van der Waals surface area contributed by atoms with Crippen molar-refractivity contribution in [3.8, 4) is 0 Å². The van der Waals surface area contributed by atoms with Crippen molar-refractivity contribution in [1.29, 1.82) is 0 Å². The van der Waals surface area contributed by atoms with E-state index >= 15 is 0 Å². The molecule has 2 rings (SSSR count). The summed E-state index contributed by atoms with van der Waals surface area (Å²) >= 11 is 0. The van der Waals surface area contributed by atoms with Crippen LogP contribution in [-0.2, 0) is 12.0 Å². The fourth-order valence-corrected chi connectivity index (χ4v) is 2.96. The molecule has 1 aromatic carbocycles. The number of hydrogen-bond acceptors (Lipinski definition) is 1. The first-order valence-corrected chi connectivity index (χ1v) is 6.52. The van der Waals surface area contributed by atoms with Gasteiger partial charge in [0.2, 0.25) is 0 Å². The predicted octanol–water partition coefficient (Wildman–Crippen LogP) is 3.61. The molecule has 1 aromatic rings. The van der Waals surface area contributed by atoms with E-state index in [1.54, 1.807) is 0 Å². The van der Waals surface area contributed by atoms with Gasteiger partial charge >= 0.3 is 0 Å². The average Bonchev–Trinajstić information content (AvgIpc) is 2.29. The van der Waals surface area contributed by atoms with Gasteiger partial charge in [0, 0.05) is 5.54 Å². The Balaban J connectivity index is 2.27. The van der Waals surface area contributed by atoms with Crippen molar-refractivity contribution in [2.24, 2.45) is 11.7 Å². The van der Waals surface area contributed by atoms with Crippen molar-refractivity contribution in [2.45, 2.75) is 51.5 Å². The normalized spacial score (nSPS) is 30.3. The minimum absolute atomic E-state index is 0.0666. The third kappa shape index (κ3) is 2.30. The Morgan fingerprint density at radius 3 is 2.94 bits per heavy atom. The summed E-state index contributed by atoms with van der Waals surface area (Å²) in [7, 11) is 0. The summed E-state index contributed by atoms with van der Waals surface area (Å²) in [5.74, 6) is 0.768. The van der Waals surface area contributed by atoms with Crippen LogP contribution in [0.4, 0.5) is 0 Å². The number of rotatable bonds is 2. The summed E-state index contributed by atoms with van der Waals surface area (Å²) < 4.78 is 0. The highest BCUT2D eigenvalue weighted by molar-refractivity contribution is 5.30. The first-order valence-electron chi connectivity index (χ1n) is 6.52. The maximum atomic E-state index is 6.59. The second-order valence-electron chi connectivity index (χ2n) is 5.41. The molecule has 0 aromatic heterocycles. The minimum atomic E-state index is -0.0666. The van der Waals surface area contributed by atoms with Gasteiger partial charge in [0.15, 0.2) is 0 Å². The summed E-state index contributed by atoms with van der Waals surface area (Å²) in [6.07, 6.45) is 5.99. The van der Waals surface area contributed by atoms with E-state index in [-0.39, 0.29) is 5.54 Å². The zero-order chi connectivity index (χ0) is 11.6. The van der Waals surface area contributed by atoms with Gasteiger partial charge in [-0.2, -0.15) is 0 Å². The lowest BCUT2D eigenvalue weighted by atomic mass is 9.73. The van der Waals surface area contributed by atoms with E-state index in [1.807, 2.05) is 0 Å². The molecule has 88 valence electrons. The minimum Gasteiger partial charge on any atom is -0.321 e.